The van der Waals surface area contributed by atoms with Crippen LogP contribution in [0.5, 0.6) is 0 Å². The minimum atomic E-state index is -0.431. The van der Waals surface area contributed by atoms with Crippen molar-refractivity contribution in [3.05, 3.63) is 161 Å². The van der Waals surface area contributed by atoms with E-state index in [1.165, 1.54) is 11.0 Å². The van der Waals surface area contributed by atoms with E-state index in [-0.39, 0.29) is 5.91 Å². The zero-order valence-corrected chi connectivity index (χ0v) is 27.6. The maximum Gasteiger partial charge on any atom is 0.251 e. The summed E-state index contributed by atoms with van der Waals surface area (Å²) in [6.07, 6.45) is 9.38. The van der Waals surface area contributed by atoms with Crippen molar-refractivity contribution in [3.8, 4) is 39.1 Å². The lowest BCUT2D eigenvalue weighted by Gasteiger charge is -2.18. The van der Waals surface area contributed by atoms with Crippen LogP contribution < -0.4 is 10.0 Å². The van der Waals surface area contributed by atoms with Crippen LogP contribution in [0.2, 0.25) is 5.02 Å². The number of hydrogen-bond donors (Lipinski definition) is 1. The van der Waals surface area contributed by atoms with Crippen LogP contribution >= 0.6 is 11.6 Å². The fraction of sp³-hybridized carbons (Fsp3) is 0.128. The molecule has 8 rings (SSSR count). The Morgan fingerprint density at radius 3 is 2.32 bits per heavy atom. The van der Waals surface area contributed by atoms with Gasteiger partial charge < -0.3 is 10.5 Å². The molecule has 3 aromatic heterocycles. The van der Waals surface area contributed by atoms with Gasteiger partial charge in [0.2, 0.25) is 5.69 Å². The molecule has 1 amide bonds. The van der Waals surface area contributed by atoms with Gasteiger partial charge in [-0.1, -0.05) is 78.3 Å². The Kier molecular flexibility index (Phi) is 8.35. The van der Waals surface area contributed by atoms with Gasteiger partial charge in [0.25, 0.3) is 5.91 Å². The molecule has 246 valence electrons. The molecule has 1 saturated carbocycles. The van der Waals surface area contributed by atoms with Crippen molar-refractivity contribution >= 4 is 17.5 Å². The van der Waals surface area contributed by atoms with Crippen LogP contribution in [-0.2, 0) is 6.42 Å². The summed E-state index contributed by atoms with van der Waals surface area (Å²) in [5.74, 6) is -0.0561. The number of benzene rings is 4. The number of halogens is 1. The van der Waals surface area contributed by atoms with Crippen molar-refractivity contribution in [1.82, 2.24) is 35.3 Å². The smallest absolute Gasteiger partial charge is 0.251 e. The van der Waals surface area contributed by atoms with E-state index in [9.17, 15) is 10.0 Å². The first-order valence-corrected chi connectivity index (χ1v) is 16.7. The Labute approximate surface area is 293 Å². The Balaban J connectivity index is 1.13. The van der Waals surface area contributed by atoms with E-state index in [0.29, 0.717) is 45.6 Å². The van der Waals surface area contributed by atoms with Crippen LogP contribution in [-0.4, -0.2) is 41.9 Å². The van der Waals surface area contributed by atoms with Gasteiger partial charge in [-0.3, -0.25) is 9.48 Å². The molecule has 0 saturated heterocycles. The lowest BCUT2D eigenvalue weighted by Crippen LogP contribution is -2.36. The van der Waals surface area contributed by atoms with E-state index < -0.39 is 6.04 Å². The molecule has 50 heavy (non-hydrogen) atoms. The third kappa shape index (κ3) is 6.61. The molecule has 1 unspecified atom stereocenters. The van der Waals surface area contributed by atoms with E-state index in [0.717, 1.165) is 45.4 Å². The molecule has 1 aliphatic rings. The molecule has 1 N–H and O–H groups in total. The third-order valence-corrected chi connectivity index (χ3v) is 9.19. The van der Waals surface area contributed by atoms with E-state index >= 15 is 0 Å². The predicted octanol–water partition coefficient (Wildman–Crippen LogP) is 6.87. The van der Waals surface area contributed by atoms with Gasteiger partial charge in [-0.15, -0.1) is 5.10 Å². The van der Waals surface area contributed by atoms with Crippen molar-refractivity contribution in [3.63, 3.8) is 0 Å². The first-order chi connectivity index (χ1) is 24.5. The monoisotopic (exact) mass is 678 g/mol. The standard InChI is InChI=1S/C39H31ClN8O2/c40-33-15-19-36(47-25-41-44-45-47)35(21-33)31-14-18-37(48(50)24-31)38(20-26-6-8-28(9-7-26)27-4-2-1-3-5-27)46-23-32(22-42-46)29-10-12-30(13-11-29)39(49)43-34-16-17-34/h1-15,18-19,21-25,34,38H,16-17,20H2,(H,43,49). The van der Waals surface area contributed by atoms with E-state index in [2.05, 4.69) is 57.2 Å². The molecule has 10 nitrogen and oxygen atoms in total. The minimum Gasteiger partial charge on any atom is -0.618 e. The first kappa shape index (κ1) is 31.2. The highest BCUT2D eigenvalue weighted by Gasteiger charge is 2.26. The Morgan fingerprint density at radius 1 is 0.880 bits per heavy atom. The molecule has 0 aliphatic heterocycles. The summed E-state index contributed by atoms with van der Waals surface area (Å²) >= 11 is 6.39. The lowest BCUT2D eigenvalue weighted by molar-refractivity contribution is -0.615. The number of rotatable bonds is 10. The number of nitrogens with one attached hydrogen (secondary N) is 1. The topological polar surface area (TPSA) is 117 Å². The molecule has 7 aromatic rings. The molecule has 1 fully saturated rings. The zero-order valence-electron chi connectivity index (χ0n) is 26.8. The molecule has 1 atom stereocenters. The molecular weight excluding hydrogens is 648 g/mol. The second-order valence-electron chi connectivity index (χ2n) is 12.4. The first-order valence-electron chi connectivity index (χ1n) is 16.3. The summed E-state index contributed by atoms with van der Waals surface area (Å²) in [6.45, 7) is 0. The largest absolute Gasteiger partial charge is 0.618 e. The maximum atomic E-state index is 14.0. The highest BCUT2D eigenvalue weighted by Crippen LogP contribution is 2.31. The van der Waals surface area contributed by atoms with E-state index in [4.69, 9.17) is 16.7 Å². The summed E-state index contributed by atoms with van der Waals surface area (Å²) < 4.78 is 4.27. The molecule has 3 heterocycles. The summed E-state index contributed by atoms with van der Waals surface area (Å²) in [7, 11) is 0. The number of pyridine rings is 1. The van der Waals surface area contributed by atoms with Gasteiger partial charge in [-0.25, -0.2) is 0 Å². The SMILES string of the molecule is O=C(NC1CC1)c1ccc(-c2cnn(C(Cc3ccc(-c4ccccc4)cc3)c3ccc(-c4cc(Cl)ccc4-n4cnnn4)c[n+]3[O-])c2)cc1. The van der Waals surface area contributed by atoms with E-state index in [1.807, 2.05) is 71.5 Å². The molecule has 0 radical (unpaired) electrons. The third-order valence-electron chi connectivity index (χ3n) is 8.96. The van der Waals surface area contributed by atoms with Gasteiger partial charge in [0.1, 0.15) is 12.4 Å². The van der Waals surface area contributed by atoms with Gasteiger partial charge in [0.05, 0.1) is 11.9 Å². The van der Waals surface area contributed by atoms with Crippen LogP contribution in [0, 0.1) is 5.21 Å². The van der Waals surface area contributed by atoms with Crippen LogP contribution in [0.4, 0.5) is 0 Å². The van der Waals surface area contributed by atoms with Crippen molar-refractivity contribution in [1.29, 1.82) is 0 Å². The fourth-order valence-electron chi connectivity index (χ4n) is 6.11. The van der Waals surface area contributed by atoms with Gasteiger partial charge in [-0.05, 0) is 81.9 Å². The van der Waals surface area contributed by atoms with Crippen molar-refractivity contribution in [2.45, 2.75) is 31.3 Å². The number of nitrogens with zero attached hydrogens (tertiary/aromatic N) is 7. The summed E-state index contributed by atoms with van der Waals surface area (Å²) in [5, 5.41) is 33.8. The molecule has 4 aromatic carbocycles. The number of aromatic nitrogens is 7. The second kappa shape index (κ2) is 13.4. The van der Waals surface area contributed by atoms with Gasteiger partial charge >= 0.3 is 0 Å². The number of carbonyl (C=O) groups excluding carboxylic acids is 1. The zero-order chi connectivity index (χ0) is 34.0. The summed E-state index contributed by atoms with van der Waals surface area (Å²) in [4.78, 5) is 12.5. The van der Waals surface area contributed by atoms with Crippen molar-refractivity contribution in [2.24, 2.45) is 0 Å². The van der Waals surface area contributed by atoms with Crippen molar-refractivity contribution in [2.75, 3.05) is 0 Å². The maximum absolute atomic E-state index is 14.0. The number of amides is 1. The van der Waals surface area contributed by atoms with Gasteiger partial charge in [0, 0.05) is 52.0 Å². The number of hydrogen-bond acceptors (Lipinski definition) is 6. The van der Waals surface area contributed by atoms with Crippen LogP contribution in [0.3, 0.4) is 0 Å². The Hall–Kier alpha value is -6.13. The minimum absolute atomic E-state index is 0.0561. The predicted molar refractivity (Wildman–Crippen MR) is 190 cm³/mol. The normalized spacial score (nSPS) is 13.2. The average Bonchev–Trinajstić information content (AvgIpc) is 3.56. The van der Waals surface area contributed by atoms with Crippen LogP contribution in [0.25, 0.3) is 39.1 Å². The highest BCUT2D eigenvalue weighted by molar-refractivity contribution is 6.31. The second-order valence-corrected chi connectivity index (χ2v) is 12.8. The molecule has 0 bridgehead atoms. The van der Waals surface area contributed by atoms with Gasteiger partial charge in [-0.2, -0.15) is 14.5 Å². The average molecular weight is 679 g/mol. The quantitative estimate of drug-likeness (QED) is 0.125. The number of carbonyl (C=O) groups is 1. The van der Waals surface area contributed by atoms with Crippen molar-refractivity contribution < 1.29 is 9.52 Å². The molecule has 1 aliphatic carbocycles. The van der Waals surface area contributed by atoms with Crippen LogP contribution in [0.1, 0.15) is 40.5 Å². The Morgan fingerprint density at radius 2 is 1.60 bits per heavy atom. The molecule has 11 heteroatoms. The summed E-state index contributed by atoms with van der Waals surface area (Å²) in [6, 6.07) is 35.1. The summed E-state index contributed by atoms with van der Waals surface area (Å²) in [5.41, 5.74) is 8.32. The molecular formula is C39H31ClN8O2. The van der Waals surface area contributed by atoms with Gasteiger partial charge in [0.15, 0.2) is 6.20 Å². The van der Waals surface area contributed by atoms with E-state index in [1.54, 1.807) is 24.5 Å². The lowest BCUT2D eigenvalue weighted by atomic mass is 9.98. The number of tetrazole rings is 1. The van der Waals surface area contributed by atoms with Crippen LogP contribution in [0.15, 0.2) is 134 Å². The fourth-order valence-corrected chi connectivity index (χ4v) is 6.28. The Bertz CT molecular complexity index is 2270. The molecule has 0 spiro atoms. The highest BCUT2D eigenvalue weighted by atomic mass is 35.5.